The van der Waals surface area contributed by atoms with Gasteiger partial charge in [0.25, 0.3) is 0 Å². The number of fused-ring (bicyclic) bond motifs is 3. The van der Waals surface area contributed by atoms with Gasteiger partial charge in [-0.2, -0.15) is 0 Å². The summed E-state index contributed by atoms with van der Waals surface area (Å²) < 4.78 is 5.46. The fourth-order valence-corrected chi connectivity index (χ4v) is 3.83. The Morgan fingerprint density at radius 2 is 1.47 bits per heavy atom. The van der Waals surface area contributed by atoms with E-state index in [-0.39, 0.29) is 18.1 Å². The fourth-order valence-electron chi connectivity index (χ4n) is 3.83. The molecule has 0 radical (unpaired) electrons. The van der Waals surface area contributed by atoms with E-state index < -0.39 is 24.0 Å². The molecule has 0 bridgehead atoms. The lowest BCUT2D eigenvalue weighted by Gasteiger charge is -2.17. The van der Waals surface area contributed by atoms with E-state index in [4.69, 9.17) is 9.84 Å². The van der Waals surface area contributed by atoms with Crippen LogP contribution in [0, 0.1) is 0 Å². The number of rotatable bonds is 6. The Labute approximate surface area is 185 Å². The van der Waals surface area contributed by atoms with Crippen molar-refractivity contribution in [3.8, 4) is 11.1 Å². The molecule has 4 rings (SSSR count). The second-order valence-electron chi connectivity index (χ2n) is 7.56. The molecule has 3 N–H and O–H groups in total. The molecule has 0 aliphatic heterocycles. The van der Waals surface area contributed by atoms with Crippen LogP contribution in [0.25, 0.3) is 11.1 Å². The van der Waals surface area contributed by atoms with E-state index in [1.807, 2.05) is 36.4 Å². The zero-order valence-corrected chi connectivity index (χ0v) is 17.4. The van der Waals surface area contributed by atoms with Gasteiger partial charge >= 0.3 is 12.1 Å². The summed E-state index contributed by atoms with van der Waals surface area (Å²) in [6.45, 7) is 1.70. The molecule has 7 heteroatoms. The predicted octanol–water partition coefficient (Wildman–Crippen LogP) is 4.25. The lowest BCUT2D eigenvalue weighted by molar-refractivity contribution is -0.117. The van der Waals surface area contributed by atoms with E-state index in [0.717, 1.165) is 22.3 Å². The molecule has 162 valence electrons. The lowest BCUT2D eigenvalue weighted by atomic mass is 9.98. The summed E-state index contributed by atoms with van der Waals surface area (Å²) in [5.41, 5.74) is 5.04. The maximum absolute atomic E-state index is 12.4. The van der Waals surface area contributed by atoms with Crippen LogP contribution in [0.1, 0.15) is 34.3 Å². The number of aromatic carboxylic acids is 1. The number of anilines is 1. The summed E-state index contributed by atoms with van der Waals surface area (Å²) in [5, 5.41) is 14.1. The van der Waals surface area contributed by atoms with Crippen molar-refractivity contribution >= 4 is 23.7 Å². The summed E-state index contributed by atoms with van der Waals surface area (Å²) in [7, 11) is 0. The Hall–Kier alpha value is -4.13. The number of hydrogen-bond donors (Lipinski definition) is 3. The summed E-state index contributed by atoms with van der Waals surface area (Å²) >= 11 is 0. The Morgan fingerprint density at radius 3 is 2.03 bits per heavy atom. The van der Waals surface area contributed by atoms with Crippen molar-refractivity contribution in [1.29, 1.82) is 0 Å². The topological polar surface area (TPSA) is 105 Å². The van der Waals surface area contributed by atoms with Gasteiger partial charge in [0.1, 0.15) is 12.6 Å². The molecule has 3 aromatic carbocycles. The van der Waals surface area contributed by atoms with E-state index in [0.29, 0.717) is 5.69 Å². The van der Waals surface area contributed by atoms with Gasteiger partial charge in [-0.25, -0.2) is 9.59 Å². The van der Waals surface area contributed by atoms with Gasteiger partial charge in [-0.15, -0.1) is 0 Å². The van der Waals surface area contributed by atoms with Gasteiger partial charge in [-0.1, -0.05) is 48.5 Å². The minimum absolute atomic E-state index is 0.0648. The Morgan fingerprint density at radius 1 is 0.906 bits per heavy atom. The number of carbonyl (C=O) groups excluding carboxylic acids is 2. The van der Waals surface area contributed by atoms with Crippen molar-refractivity contribution < 1.29 is 24.2 Å². The van der Waals surface area contributed by atoms with Gasteiger partial charge in [-0.05, 0) is 53.4 Å². The maximum atomic E-state index is 12.4. The molecule has 0 aromatic heterocycles. The highest BCUT2D eigenvalue weighted by atomic mass is 16.5. The molecule has 0 fully saturated rings. The van der Waals surface area contributed by atoms with Crippen molar-refractivity contribution in [2.24, 2.45) is 0 Å². The smallest absolute Gasteiger partial charge is 0.407 e. The Balaban J connectivity index is 1.34. The molecular formula is C25H22N2O5. The van der Waals surface area contributed by atoms with Crippen molar-refractivity contribution in [3.05, 3.63) is 89.5 Å². The normalized spacial score (nSPS) is 12.9. The molecular weight excluding hydrogens is 408 g/mol. The molecule has 0 saturated heterocycles. The standard InChI is InChI=1S/C25H22N2O5/c1-15(23(28)27-17-12-10-16(11-13-17)24(29)30)26-25(31)32-14-22-20-8-4-2-6-18(20)19-7-3-5-9-21(19)22/h2-13,15,22H,14H2,1H3,(H,26,31)(H,27,28)(H,29,30)/t15-/m1/s1. The van der Waals surface area contributed by atoms with Gasteiger partial charge in [0.15, 0.2) is 0 Å². The number of nitrogens with one attached hydrogen (secondary N) is 2. The van der Waals surface area contributed by atoms with Crippen LogP contribution in [0.5, 0.6) is 0 Å². The van der Waals surface area contributed by atoms with Crippen LogP contribution in [-0.4, -0.2) is 35.7 Å². The van der Waals surface area contributed by atoms with E-state index in [9.17, 15) is 14.4 Å². The molecule has 7 nitrogen and oxygen atoms in total. The molecule has 1 aliphatic rings. The minimum Gasteiger partial charge on any atom is -0.478 e. The number of carboxylic acids is 1. The molecule has 0 unspecified atom stereocenters. The van der Waals surface area contributed by atoms with Crippen LogP contribution in [0.2, 0.25) is 0 Å². The molecule has 2 amide bonds. The predicted molar refractivity (Wildman–Crippen MR) is 120 cm³/mol. The van der Waals surface area contributed by atoms with Gasteiger partial charge in [0.05, 0.1) is 5.56 Å². The number of amides is 2. The largest absolute Gasteiger partial charge is 0.478 e. The highest BCUT2D eigenvalue weighted by Gasteiger charge is 2.29. The third kappa shape index (κ3) is 4.32. The monoisotopic (exact) mass is 430 g/mol. The number of alkyl carbamates (subject to hydrolysis) is 1. The second kappa shape index (κ2) is 8.93. The van der Waals surface area contributed by atoms with Crippen LogP contribution in [-0.2, 0) is 9.53 Å². The number of carboxylic acid groups (broad SMARTS) is 1. The van der Waals surface area contributed by atoms with Crippen LogP contribution in [0.3, 0.4) is 0 Å². The van der Waals surface area contributed by atoms with Gasteiger partial charge in [0, 0.05) is 11.6 Å². The first-order valence-corrected chi connectivity index (χ1v) is 10.2. The molecule has 1 atom stereocenters. The summed E-state index contributed by atoms with van der Waals surface area (Å²) in [6, 6.07) is 21.0. The van der Waals surface area contributed by atoms with Crippen molar-refractivity contribution in [3.63, 3.8) is 0 Å². The average Bonchev–Trinajstić information content (AvgIpc) is 3.12. The SMILES string of the molecule is C[C@@H](NC(=O)OCC1c2ccccc2-c2ccccc21)C(=O)Nc1ccc(C(=O)O)cc1. The van der Waals surface area contributed by atoms with Crippen molar-refractivity contribution in [2.45, 2.75) is 18.9 Å². The Bertz CT molecular complexity index is 1130. The zero-order chi connectivity index (χ0) is 22.7. The molecule has 3 aromatic rings. The number of hydrogen-bond acceptors (Lipinski definition) is 4. The fraction of sp³-hybridized carbons (Fsp3) is 0.160. The first-order chi connectivity index (χ1) is 15.4. The van der Waals surface area contributed by atoms with E-state index in [2.05, 4.69) is 22.8 Å². The van der Waals surface area contributed by atoms with Crippen molar-refractivity contribution in [2.75, 3.05) is 11.9 Å². The maximum Gasteiger partial charge on any atom is 0.407 e. The second-order valence-corrected chi connectivity index (χ2v) is 7.56. The first-order valence-electron chi connectivity index (χ1n) is 10.2. The average molecular weight is 430 g/mol. The van der Waals surface area contributed by atoms with Gasteiger partial charge in [-0.3, -0.25) is 4.79 Å². The molecule has 1 aliphatic carbocycles. The number of benzene rings is 3. The quantitative estimate of drug-likeness (QED) is 0.542. The van der Waals surface area contributed by atoms with Crippen LogP contribution in [0.4, 0.5) is 10.5 Å². The van der Waals surface area contributed by atoms with E-state index in [1.165, 1.54) is 24.3 Å². The molecule has 32 heavy (non-hydrogen) atoms. The van der Waals surface area contributed by atoms with Crippen LogP contribution >= 0.6 is 0 Å². The zero-order valence-electron chi connectivity index (χ0n) is 17.4. The Kier molecular flexibility index (Phi) is 5.89. The van der Waals surface area contributed by atoms with Gasteiger partial charge < -0.3 is 20.5 Å². The highest BCUT2D eigenvalue weighted by Crippen LogP contribution is 2.44. The number of carbonyl (C=O) groups is 3. The summed E-state index contributed by atoms with van der Waals surface area (Å²) in [5.74, 6) is -1.56. The molecule has 0 saturated carbocycles. The summed E-state index contributed by atoms with van der Waals surface area (Å²) in [4.78, 5) is 35.6. The third-order valence-corrected chi connectivity index (χ3v) is 5.47. The van der Waals surface area contributed by atoms with E-state index in [1.54, 1.807) is 6.92 Å². The molecule has 0 spiro atoms. The van der Waals surface area contributed by atoms with E-state index >= 15 is 0 Å². The molecule has 0 heterocycles. The summed E-state index contributed by atoms with van der Waals surface area (Å²) in [6.07, 6.45) is -0.685. The lowest BCUT2D eigenvalue weighted by Crippen LogP contribution is -2.42. The van der Waals surface area contributed by atoms with Gasteiger partial charge in [0.2, 0.25) is 5.91 Å². The van der Waals surface area contributed by atoms with Crippen LogP contribution < -0.4 is 10.6 Å². The minimum atomic E-state index is -1.05. The number of ether oxygens (including phenoxy) is 1. The first kappa shape index (κ1) is 21.1. The van der Waals surface area contributed by atoms with Crippen LogP contribution in [0.15, 0.2) is 72.8 Å². The van der Waals surface area contributed by atoms with Crippen molar-refractivity contribution in [1.82, 2.24) is 5.32 Å². The third-order valence-electron chi connectivity index (χ3n) is 5.47. The highest BCUT2D eigenvalue weighted by molar-refractivity contribution is 5.97.